The Balaban J connectivity index is 0. The van der Waals surface area contributed by atoms with Gasteiger partial charge in [0, 0.05) is 0 Å². The molecule has 0 aromatic carbocycles. The fourth-order valence-electron chi connectivity index (χ4n) is 1.98. The van der Waals surface area contributed by atoms with Crippen molar-refractivity contribution in [2.75, 3.05) is 7.11 Å². The van der Waals surface area contributed by atoms with Gasteiger partial charge < -0.3 is 9.29 Å². The van der Waals surface area contributed by atoms with Crippen LogP contribution in [0.3, 0.4) is 0 Å². The van der Waals surface area contributed by atoms with Crippen LogP contribution in [0.2, 0.25) is 0 Å². The summed E-state index contributed by atoms with van der Waals surface area (Å²) < 4.78 is 37.1. The third-order valence-corrected chi connectivity index (χ3v) is 4.26. The molecule has 0 radical (unpaired) electrons. The summed E-state index contributed by atoms with van der Waals surface area (Å²) in [6, 6.07) is 0. The van der Waals surface area contributed by atoms with E-state index in [4.69, 9.17) is 0 Å². The number of carbonyl (C=O) groups is 1. The van der Waals surface area contributed by atoms with Crippen LogP contribution < -0.4 is 29.6 Å². The number of hydrogen-bond acceptors (Lipinski definition) is 5. The monoisotopic (exact) mass is 316 g/mol. The Morgan fingerprint density at radius 3 is 1.90 bits per heavy atom. The van der Waals surface area contributed by atoms with Crippen molar-refractivity contribution in [2.45, 2.75) is 70.0 Å². The van der Waals surface area contributed by atoms with Crippen molar-refractivity contribution in [3.05, 3.63) is 0 Å². The molecule has 0 heterocycles. The van der Waals surface area contributed by atoms with E-state index in [0.717, 1.165) is 26.4 Å². The summed E-state index contributed by atoms with van der Waals surface area (Å²) in [5.41, 5.74) is 0. The first-order chi connectivity index (χ1) is 8.93. The smallest absolute Gasteiger partial charge is 0.747 e. The van der Waals surface area contributed by atoms with E-state index >= 15 is 0 Å². The second kappa shape index (κ2) is 13.1. The molecule has 5 nitrogen and oxygen atoms in total. The molecule has 0 rings (SSSR count). The Kier molecular flexibility index (Phi) is 14.8. The van der Waals surface area contributed by atoms with E-state index in [0.29, 0.717) is 6.42 Å². The van der Waals surface area contributed by atoms with Crippen LogP contribution in [-0.4, -0.2) is 31.3 Å². The minimum Gasteiger partial charge on any atom is -0.747 e. The average molecular weight is 316 g/mol. The summed E-state index contributed by atoms with van der Waals surface area (Å²) in [7, 11) is -3.51. The first-order valence-corrected chi connectivity index (χ1v) is 8.43. The number of unbranched alkanes of at least 4 members (excludes halogenated alkanes) is 7. The summed E-state index contributed by atoms with van der Waals surface area (Å²) in [6.07, 6.45) is 8.48. The zero-order chi connectivity index (χ0) is 14.7. The first kappa shape index (κ1) is 22.7. The molecule has 0 saturated carbocycles. The van der Waals surface area contributed by atoms with Gasteiger partial charge in [-0.15, -0.1) is 0 Å². The largest absolute Gasteiger partial charge is 1.00 e. The van der Waals surface area contributed by atoms with Crippen molar-refractivity contribution in [3.8, 4) is 0 Å². The Morgan fingerprint density at radius 1 is 1.05 bits per heavy atom. The molecule has 0 aliphatic rings. The van der Waals surface area contributed by atoms with Crippen molar-refractivity contribution in [1.29, 1.82) is 0 Å². The van der Waals surface area contributed by atoms with Crippen LogP contribution in [-0.2, 0) is 19.6 Å². The van der Waals surface area contributed by atoms with Gasteiger partial charge in [-0.25, -0.2) is 8.42 Å². The number of rotatable bonds is 11. The van der Waals surface area contributed by atoms with Gasteiger partial charge in [-0.05, 0) is 6.42 Å². The molecule has 20 heavy (non-hydrogen) atoms. The van der Waals surface area contributed by atoms with E-state index in [1.54, 1.807) is 0 Å². The minimum atomic E-state index is -4.61. The molecule has 7 heteroatoms. The Hall–Kier alpha value is 0.380. The number of ether oxygens (including phenoxy) is 1. The summed E-state index contributed by atoms with van der Waals surface area (Å²) in [6.45, 7) is 2.16. The fraction of sp³-hybridized carbons (Fsp3) is 0.923. The molecule has 1 unspecified atom stereocenters. The molecule has 0 aromatic heterocycles. The van der Waals surface area contributed by atoms with E-state index in [9.17, 15) is 17.8 Å². The quantitative estimate of drug-likeness (QED) is 0.224. The molecule has 0 fully saturated rings. The van der Waals surface area contributed by atoms with Crippen LogP contribution in [0.4, 0.5) is 0 Å². The molecular weight excluding hydrogens is 291 g/mol. The van der Waals surface area contributed by atoms with E-state index in [2.05, 4.69) is 11.7 Å². The van der Waals surface area contributed by atoms with Gasteiger partial charge in [0.05, 0.1) is 7.11 Å². The Morgan fingerprint density at radius 2 is 1.50 bits per heavy atom. The number of methoxy groups -OCH3 is 1. The molecule has 1 atom stereocenters. The minimum absolute atomic E-state index is 0. The Labute approximate surface area is 144 Å². The van der Waals surface area contributed by atoms with E-state index < -0.39 is 21.3 Å². The molecule has 0 bridgehead atoms. The maximum Gasteiger partial charge on any atom is 1.00 e. The van der Waals surface area contributed by atoms with Crippen LogP contribution in [0, 0.1) is 0 Å². The van der Waals surface area contributed by atoms with Crippen LogP contribution in [0.5, 0.6) is 0 Å². The summed E-state index contributed by atoms with van der Waals surface area (Å²) in [4.78, 5) is 11.2. The first-order valence-electron chi connectivity index (χ1n) is 6.96. The van der Waals surface area contributed by atoms with Crippen LogP contribution in [0.15, 0.2) is 0 Å². The molecular formula is C13H25NaO5S. The topological polar surface area (TPSA) is 83.5 Å². The third-order valence-electron chi connectivity index (χ3n) is 3.13. The van der Waals surface area contributed by atoms with E-state index in [1.165, 1.54) is 25.7 Å². The maximum atomic E-state index is 11.2. The van der Waals surface area contributed by atoms with Gasteiger partial charge in [-0.3, -0.25) is 4.79 Å². The standard InChI is InChI=1S/C13H26O5S.Na/c1-3-4-5-6-7-8-9-10-11-12(13(14)18-2)19(15,16)17;/h12H,3-11H2,1-2H3,(H,15,16,17);/q;+1/p-1. The zero-order valence-electron chi connectivity index (χ0n) is 12.9. The van der Waals surface area contributed by atoms with Gasteiger partial charge in [0.15, 0.2) is 0 Å². The fourth-order valence-corrected chi connectivity index (χ4v) is 2.76. The molecule has 0 saturated heterocycles. The number of esters is 1. The maximum absolute atomic E-state index is 11.2. The van der Waals surface area contributed by atoms with Gasteiger partial charge in [-0.2, -0.15) is 0 Å². The van der Waals surface area contributed by atoms with Crippen LogP contribution in [0.1, 0.15) is 64.7 Å². The number of hydrogen-bond donors (Lipinski definition) is 0. The van der Waals surface area contributed by atoms with Crippen molar-refractivity contribution in [1.82, 2.24) is 0 Å². The summed E-state index contributed by atoms with van der Waals surface area (Å²) in [5.74, 6) is -0.946. The Bertz CT molecular complexity index is 343. The molecule has 0 aliphatic heterocycles. The molecule has 0 N–H and O–H groups in total. The normalized spacial score (nSPS) is 12.6. The second-order valence-corrected chi connectivity index (χ2v) is 6.32. The summed E-state index contributed by atoms with van der Waals surface area (Å²) >= 11 is 0. The molecule has 114 valence electrons. The van der Waals surface area contributed by atoms with Gasteiger partial charge in [-0.1, -0.05) is 58.3 Å². The van der Waals surface area contributed by atoms with Crippen molar-refractivity contribution in [2.24, 2.45) is 0 Å². The van der Waals surface area contributed by atoms with Gasteiger partial charge in [0.25, 0.3) is 0 Å². The predicted octanol–water partition coefficient (Wildman–Crippen LogP) is -0.392. The average Bonchev–Trinajstić information content (AvgIpc) is 2.34. The predicted molar refractivity (Wildman–Crippen MR) is 72.7 cm³/mol. The van der Waals surface area contributed by atoms with Crippen molar-refractivity contribution in [3.63, 3.8) is 0 Å². The molecule has 0 amide bonds. The second-order valence-electron chi connectivity index (χ2n) is 4.77. The molecule has 0 aliphatic carbocycles. The van der Waals surface area contributed by atoms with E-state index in [1.807, 2.05) is 0 Å². The molecule has 0 aromatic rings. The SMILES string of the molecule is CCCCCCCCCCC(C(=O)OC)S(=O)(=O)[O-].[Na+]. The summed E-state index contributed by atoms with van der Waals surface area (Å²) in [5, 5.41) is -1.54. The van der Waals surface area contributed by atoms with Crippen LogP contribution >= 0.6 is 0 Å². The van der Waals surface area contributed by atoms with Gasteiger partial charge >= 0.3 is 35.5 Å². The van der Waals surface area contributed by atoms with Crippen LogP contribution in [0.25, 0.3) is 0 Å². The van der Waals surface area contributed by atoms with E-state index in [-0.39, 0.29) is 36.0 Å². The zero-order valence-corrected chi connectivity index (χ0v) is 15.7. The van der Waals surface area contributed by atoms with Gasteiger partial charge in [0.2, 0.25) is 0 Å². The van der Waals surface area contributed by atoms with Crippen molar-refractivity contribution >= 4 is 16.1 Å². The van der Waals surface area contributed by atoms with Gasteiger partial charge in [0.1, 0.15) is 15.4 Å². The third kappa shape index (κ3) is 11.1. The van der Waals surface area contributed by atoms with Crippen molar-refractivity contribution < 1.29 is 52.1 Å². The molecule has 0 spiro atoms. The number of carbonyl (C=O) groups excluding carboxylic acids is 1.